The lowest BCUT2D eigenvalue weighted by molar-refractivity contribution is 0.0961. The van der Waals surface area contributed by atoms with Gasteiger partial charge in [-0.2, -0.15) is 0 Å². The molecule has 0 unspecified atom stereocenters. The average molecular weight is 352 g/mol. The summed E-state index contributed by atoms with van der Waals surface area (Å²) in [6.45, 7) is 4.17. The molecule has 7 heteroatoms. The number of aromatic nitrogens is 2. The number of rotatable bonds is 5. The summed E-state index contributed by atoms with van der Waals surface area (Å²) in [5.74, 6) is 0.559. The molecule has 0 aliphatic heterocycles. The van der Waals surface area contributed by atoms with Crippen molar-refractivity contribution in [1.29, 1.82) is 0 Å². The molecule has 1 aromatic heterocycles. The van der Waals surface area contributed by atoms with Crippen LogP contribution < -0.4 is 21.1 Å². The highest BCUT2D eigenvalue weighted by molar-refractivity contribution is 5.95. The number of aryl methyl sites for hydroxylation is 1. The highest BCUT2D eigenvalue weighted by Crippen LogP contribution is 2.19. The Morgan fingerprint density at radius 3 is 2.73 bits per heavy atom. The fourth-order valence-electron chi connectivity index (χ4n) is 2.70. The molecule has 134 valence electrons. The number of benzene rings is 2. The molecule has 2 N–H and O–H groups in total. The Labute approximate surface area is 150 Å². The summed E-state index contributed by atoms with van der Waals surface area (Å²) in [6.07, 6.45) is 0. The third-order valence-corrected chi connectivity index (χ3v) is 4.14. The van der Waals surface area contributed by atoms with Gasteiger partial charge in [-0.05, 0) is 43.7 Å². The van der Waals surface area contributed by atoms with E-state index in [1.54, 1.807) is 37.4 Å². The molecule has 2 aromatic carbocycles. The molecule has 0 aliphatic rings. The Morgan fingerprint density at radius 1 is 1.23 bits per heavy atom. The summed E-state index contributed by atoms with van der Waals surface area (Å²) in [5.41, 5.74) is 7.12. The van der Waals surface area contributed by atoms with Gasteiger partial charge < -0.3 is 4.74 Å². The predicted octanol–water partition coefficient (Wildman–Crippen LogP) is 2.49. The monoisotopic (exact) mass is 352 g/mol. The lowest BCUT2D eigenvalue weighted by Gasteiger charge is -2.14. The zero-order chi connectivity index (χ0) is 18.7. The molecule has 3 rings (SSSR count). The van der Waals surface area contributed by atoms with Crippen LogP contribution in [0, 0.1) is 6.92 Å². The van der Waals surface area contributed by atoms with Crippen molar-refractivity contribution in [3.63, 3.8) is 0 Å². The molecule has 7 nitrogen and oxygen atoms in total. The van der Waals surface area contributed by atoms with Crippen molar-refractivity contribution in [2.75, 3.05) is 12.5 Å². The first-order valence-electron chi connectivity index (χ1n) is 8.25. The van der Waals surface area contributed by atoms with E-state index < -0.39 is 0 Å². The van der Waals surface area contributed by atoms with E-state index in [0.29, 0.717) is 28.8 Å². The zero-order valence-corrected chi connectivity index (χ0v) is 14.9. The number of amides is 1. The second-order valence-electron chi connectivity index (χ2n) is 5.77. The second-order valence-corrected chi connectivity index (χ2v) is 5.77. The molecule has 0 bridgehead atoms. The Morgan fingerprint density at radius 2 is 2.00 bits per heavy atom. The van der Waals surface area contributed by atoms with E-state index in [0.717, 1.165) is 5.56 Å². The number of hydrogen-bond acceptors (Lipinski definition) is 5. The van der Waals surface area contributed by atoms with Crippen LogP contribution in [0.2, 0.25) is 0 Å². The first kappa shape index (κ1) is 17.5. The van der Waals surface area contributed by atoms with E-state index in [9.17, 15) is 9.59 Å². The van der Waals surface area contributed by atoms with Crippen LogP contribution >= 0.6 is 0 Å². The van der Waals surface area contributed by atoms with Gasteiger partial charge >= 0.3 is 0 Å². The predicted molar refractivity (Wildman–Crippen MR) is 100 cm³/mol. The lowest BCUT2D eigenvalue weighted by atomic mass is 10.1. The molecule has 0 saturated carbocycles. The maximum Gasteiger partial charge on any atom is 0.269 e. The summed E-state index contributed by atoms with van der Waals surface area (Å²) >= 11 is 0. The van der Waals surface area contributed by atoms with Gasteiger partial charge in [0.25, 0.3) is 11.5 Å². The lowest BCUT2D eigenvalue weighted by Crippen LogP contribution is -2.34. The van der Waals surface area contributed by atoms with E-state index in [1.165, 1.54) is 4.57 Å². The summed E-state index contributed by atoms with van der Waals surface area (Å²) in [6, 6.07) is 12.3. The standard InChI is InChI=1S/C19H20N4O3/c1-4-23-18(25)14-7-5-6-8-15(14)20-19(23)22-21-17(24)13-10-9-12(2)16(11-13)26-3/h5-11H,4H2,1-3H3,(H,20,22)(H,21,24). The average Bonchev–Trinajstić information content (AvgIpc) is 2.66. The normalized spacial score (nSPS) is 10.6. The Balaban J connectivity index is 1.87. The van der Waals surface area contributed by atoms with E-state index in [4.69, 9.17) is 4.74 Å². The minimum atomic E-state index is -0.353. The fourth-order valence-corrected chi connectivity index (χ4v) is 2.70. The number of carbonyl (C=O) groups is 1. The van der Waals surface area contributed by atoms with Crippen molar-refractivity contribution in [3.8, 4) is 5.75 Å². The number of anilines is 1. The van der Waals surface area contributed by atoms with Gasteiger partial charge in [0.15, 0.2) is 0 Å². The van der Waals surface area contributed by atoms with Gasteiger partial charge in [0.05, 0.1) is 18.0 Å². The summed E-state index contributed by atoms with van der Waals surface area (Å²) in [5, 5.41) is 0.537. The highest BCUT2D eigenvalue weighted by atomic mass is 16.5. The number of hydrazine groups is 1. The van der Waals surface area contributed by atoms with Gasteiger partial charge in [0.1, 0.15) is 5.75 Å². The number of nitrogens with zero attached hydrogens (tertiary/aromatic N) is 2. The van der Waals surface area contributed by atoms with Crippen LogP contribution in [0.5, 0.6) is 5.75 Å². The van der Waals surface area contributed by atoms with Crippen LogP contribution in [0.25, 0.3) is 10.9 Å². The molecule has 0 atom stereocenters. The van der Waals surface area contributed by atoms with Gasteiger partial charge in [-0.15, -0.1) is 0 Å². The molecule has 1 heterocycles. The van der Waals surface area contributed by atoms with Gasteiger partial charge in [0.2, 0.25) is 5.95 Å². The van der Waals surface area contributed by atoms with E-state index in [-0.39, 0.29) is 17.4 Å². The Kier molecular flexibility index (Phi) is 4.88. The van der Waals surface area contributed by atoms with Crippen LogP contribution in [-0.2, 0) is 6.54 Å². The molecule has 26 heavy (non-hydrogen) atoms. The van der Waals surface area contributed by atoms with E-state index in [1.807, 2.05) is 26.0 Å². The fraction of sp³-hybridized carbons (Fsp3) is 0.211. The third kappa shape index (κ3) is 3.23. The Hall–Kier alpha value is -3.35. The van der Waals surface area contributed by atoms with Crippen LogP contribution in [-0.4, -0.2) is 22.6 Å². The molecular weight excluding hydrogens is 332 g/mol. The van der Waals surface area contributed by atoms with Crippen molar-refractivity contribution in [2.24, 2.45) is 0 Å². The molecule has 0 radical (unpaired) electrons. The zero-order valence-electron chi connectivity index (χ0n) is 14.9. The molecule has 3 aromatic rings. The molecular formula is C19H20N4O3. The van der Waals surface area contributed by atoms with Gasteiger partial charge in [-0.25, -0.2) is 4.98 Å². The van der Waals surface area contributed by atoms with Gasteiger partial charge in [-0.1, -0.05) is 18.2 Å². The number of methoxy groups -OCH3 is 1. The van der Waals surface area contributed by atoms with Crippen molar-refractivity contribution < 1.29 is 9.53 Å². The quantitative estimate of drug-likeness (QED) is 0.689. The number of nitrogens with one attached hydrogen (secondary N) is 2. The molecule has 0 aliphatic carbocycles. The molecule has 0 spiro atoms. The smallest absolute Gasteiger partial charge is 0.269 e. The minimum Gasteiger partial charge on any atom is -0.496 e. The van der Waals surface area contributed by atoms with Crippen molar-refractivity contribution in [2.45, 2.75) is 20.4 Å². The highest BCUT2D eigenvalue weighted by Gasteiger charge is 2.12. The van der Waals surface area contributed by atoms with Crippen molar-refractivity contribution >= 4 is 22.8 Å². The van der Waals surface area contributed by atoms with Crippen LogP contribution in [0.4, 0.5) is 5.95 Å². The minimum absolute atomic E-state index is 0.160. The van der Waals surface area contributed by atoms with Gasteiger partial charge in [0, 0.05) is 12.1 Å². The number of fused-ring (bicyclic) bond motifs is 1. The first-order chi connectivity index (χ1) is 12.5. The largest absolute Gasteiger partial charge is 0.496 e. The molecule has 1 amide bonds. The van der Waals surface area contributed by atoms with Crippen molar-refractivity contribution in [1.82, 2.24) is 15.0 Å². The number of para-hydroxylation sites is 1. The number of ether oxygens (including phenoxy) is 1. The van der Waals surface area contributed by atoms with Crippen LogP contribution in [0.1, 0.15) is 22.8 Å². The van der Waals surface area contributed by atoms with Crippen molar-refractivity contribution in [3.05, 3.63) is 63.9 Å². The third-order valence-electron chi connectivity index (χ3n) is 4.14. The molecule has 0 saturated heterocycles. The van der Waals surface area contributed by atoms with E-state index in [2.05, 4.69) is 15.8 Å². The SMILES string of the molecule is CCn1c(NNC(=O)c2ccc(C)c(OC)c2)nc2ccccc2c1=O. The maximum absolute atomic E-state index is 12.6. The van der Waals surface area contributed by atoms with Crippen LogP contribution in [0.3, 0.4) is 0 Å². The summed E-state index contributed by atoms with van der Waals surface area (Å²) < 4.78 is 6.71. The number of hydrogen-bond donors (Lipinski definition) is 2. The van der Waals surface area contributed by atoms with Crippen LogP contribution in [0.15, 0.2) is 47.3 Å². The second kappa shape index (κ2) is 7.26. The summed E-state index contributed by atoms with van der Waals surface area (Å²) in [4.78, 5) is 29.4. The van der Waals surface area contributed by atoms with Gasteiger partial charge in [-0.3, -0.25) is 25.0 Å². The first-order valence-corrected chi connectivity index (χ1v) is 8.25. The topological polar surface area (TPSA) is 85.2 Å². The molecule has 0 fully saturated rings. The van der Waals surface area contributed by atoms with E-state index >= 15 is 0 Å². The number of carbonyl (C=O) groups excluding carboxylic acids is 1. The Bertz CT molecular complexity index is 1030. The summed E-state index contributed by atoms with van der Waals surface area (Å²) in [7, 11) is 1.56. The maximum atomic E-state index is 12.6.